The standard InChI is InChI=1S/C17H14N6O/c1-12(16-4-2-3-7-20-16)21-23-22-14-5-6-15(17(24)8-14)13-9-18-11-19-10-13/h2-11,24H,1H2,(H,21,22). The van der Waals surface area contributed by atoms with Gasteiger partial charge in [0.2, 0.25) is 0 Å². The largest absolute Gasteiger partial charge is 0.507 e. The van der Waals surface area contributed by atoms with Crippen LogP contribution in [0, 0.1) is 0 Å². The van der Waals surface area contributed by atoms with Gasteiger partial charge < -0.3 is 5.11 Å². The number of anilines is 1. The van der Waals surface area contributed by atoms with Crippen LogP contribution >= 0.6 is 0 Å². The molecule has 3 rings (SSSR count). The first-order valence-electron chi connectivity index (χ1n) is 7.09. The molecule has 7 nitrogen and oxygen atoms in total. The summed E-state index contributed by atoms with van der Waals surface area (Å²) in [5.74, 6) is 0.0913. The van der Waals surface area contributed by atoms with Gasteiger partial charge in [-0.25, -0.2) is 9.97 Å². The van der Waals surface area contributed by atoms with Gasteiger partial charge in [0.05, 0.1) is 11.4 Å². The Morgan fingerprint density at radius 3 is 2.67 bits per heavy atom. The van der Waals surface area contributed by atoms with Crippen molar-refractivity contribution in [2.75, 3.05) is 5.43 Å². The molecule has 7 heteroatoms. The number of nitrogens with one attached hydrogen (secondary N) is 1. The number of rotatable bonds is 5. The summed E-state index contributed by atoms with van der Waals surface area (Å²) in [5.41, 5.74) is 5.77. The van der Waals surface area contributed by atoms with Crippen LogP contribution in [0.2, 0.25) is 0 Å². The van der Waals surface area contributed by atoms with Crippen molar-refractivity contribution < 1.29 is 5.11 Å². The number of aromatic hydroxyl groups is 1. The van der Waals surface area contributed by atoms with Gasteiger partial charge in [0, 0.05) is 35.8 Å². The van der Waals surface area contributed by atoms with Gasteiger partial charge >= 0.3 is 0 Å². The van der Waals surface area contributed by atoms with E-state index in [0.29, 0.717) is 22.6 Å². The predicted octanol–water partition coefficient (Wildman–Crippen LogP) is 3.69. The van der Waals surface area contributed by atoms with Crippen molar-refractivity contribution in [3.8, 4) is 16.9 Å². The number of nitrogens with zero attached hydrogens (tertiary/aromatic N) is 5. The minimum Gasteiger partial charge on any atom is -0.507 e. The molecule has 0 bridgehead atoms. The van der Waals surface area contributed by atoms with Gasteiger partial charge in [0.1, 0.15) is 17.8 Å². The van der Waals surface area contributed by atoms with Gasteiger partial charge in [-0.3, -0.25) is 10.4 Å². The summed E-state index contributed by atoms with van der Waals surface area (Å²) in [6.07, 6.45) is 6.36. The summed E-state index contributed by atoms with van der Waals surface area (Å²) in [4.78, 5) is 12.0. The Hall–Kier alpha value is -3.61. The maximum Gasteiger partial charge on any atom is 0.125 e. The molecule has 24 heavy (non-hydrogen) atoms. The molecule has 0 unspecified atom stereocenters. The molecule has 2 aromatic heterocycles. The molecule has 0 aliphatic rings. The molecule has 0 spiro atoms. The lowest BCUT2D eigenvalue weighted by atomic mass is 10.1. The Morgan fingerprint density at radius 1 is 1.12 bits per heavy atom. The molecule has 1 aromatic carbocycles. The van der Waals surface area contributed by atoms with Gasteiger partial charge in [-0.15, -0.1) is 5.11 Å². The molecule has 0 amide bonds. The van der Waals surface area contributed by atoms with Gasteiger partial charge in [0.15, 0.2) is 0 Å². The average molecular weight is 318 g/mol. The van der Waals surface area contributed by atoms with Crippen LogP contribution in [0.1, 0.15) is 5.69 Å². The molecular weight excluding hydrogens is 304 g/mol. The highest BCUT2D eigenvalue weighted by Gasteiger charge is 2.05. The number of benzene rings is 1. The Morgan fingerprint density at radius 2 is 1.96 bits per heavy atom. The lowest BCUT2D eigenvalue weighted by molar-refractivity contribution is 0.477. The molecule has 0 fully saturated rings. The Bertz CT molecular complexity index is 865. The predicted molar refractivity (Wildman–Crippen MR) is 90.9 cm³/mol. The van der Waals surface area contributed by atoms with Gasteiger partial charge in [-0.05, 0) is 24.3 Å². The van der Waals surface area contributed by atoms with Crippen molar-refractivity contribution in [1.82, 2.24) is 15.0 Å². The third-order valence-electron chi connectivity index (χ3n) is 3.18. The van der Waals surface area contributed by atoms with Crippen molar-refractivity contribution in [3.05, 3.63) is 73.6 Å². The zero-order chi connectivity index (χ0) is 16.8. The molecule has 0 saturated heterocycles. The summed E-state index contributed by atoms with van der Waals surface area (Å²) in [6, 6.07) is 10.5. The minimum absolute atomic E-state index is 0.0913. The summed E-state index contributed by atoms with van der Waals surface area (Å²) >= 11 is 0. The van der Waals surface area contributed by atoms with Crippen molar-refractivity contribution in [1.29, 1.82) is 0 Å². The number of hydrogen-bond acceptors (Lipinski definition) is 6. The van der Waals surface area contributed by atoms with E-state index in [4.69, 9.17) is 0 Å². The smallest absolute Gasteiger partial charge is 0.125 e. The van der Waals surface area contributed by atoms with Crippen LogP contribution in [0.25, 0.3) is 16.8 Å². The highest BCUT2D eigenvalue weighted by molar-refractivity contribution is 5.71. The number of hydrogen-bond donors (Lipinski definition) is 2. The number of pyridine rings is 1. The first-order chi connectivity index (χ1) is 11.7. The fourth-order valence-corrected chi connectivity index (χ4v) is 2.01. The van der Waals surface area contributed by atoms with Gasteiger partial charge in [0.25, 0.3) is 0 Å². The zero-order valence-corrected chi connectivity index (χ0v) is 12.7. The Balaban J connectivity index is 1.69. The molecule has 0 aliphatic carbocycles. The van der Waals surface area contributed by atoms with Crippen LogP contribution in [0.4, 0.5) is 5.69 Å². The second-order valence-corrected chi connectivity index (χ2v) is 4.83. The van der Waals surface area contributed by atoms with E-state index in [1.165, 1.54) is 6.33 Å². The average Bonchev–Trinajstić information content (AvgIpc) is 2.63. The van der Waals surface area contributed by atoms with Crippen LogP contribution in [0.5, 0.6) is 5.75 Å². The van der Waals surface area contributed by atoms with Gasteiger partial charge in [-0.1, -0.05) is 17.9 Å². The fraction of sp³-hybridized carbons (Fsp3) is 0. The van der Waals surface area contributed by atoms with E-state index < -0.39 is 0 Å². The topological polar surface area (TPSA) is 95.7 Å². The second kappa shape index (κ2) is 7.10. The molecule has 2 N–H and O–H groups in total. The van der Waals surface area contributed by atoms with Gasteiger partial charge in [-0.2, -0.15) is 0 Å². The maximum atomic E-state index is 10.1. The Kier molecular flexibility index (Phi) is 4.52. The van der Waals surface area contributed by atoms with E-state index in [9.17, 15) is 5.11 Å². The molecule has 3 aromatic rings. The highest BCUT2D eigenvalue weighted by Crippen LogP contribution is 2.30. The van der Waals surface area contributed by atoms with Crippen molar-refractivity contribution in [2.24, 2.45) is 10.3 Å². The van der Waals surface area contributed by atoms with Crippen LogP contribution in [-0.2, 0) is 0 Å². The minimum atomic E-state index is 0.0913. The third kappa shape index (κ3) is 3.58. The molecule has 0 aliphatic heterocycles. The van der Waals surface area contributed by atoms with Crippen LogP contribution in [0.3, 0.4) is 0 Å². The van der Waals surface area contributed by atoms with E-state index >= 15 is 0 Å². The van der Waals surface area contributed by atoms with Crippen LogP contribution in [0.15, 0.2) is 78.2 Å². The lowest BCUT2D eigenvalue weighted by Crippen LogP contribution is -1.89. The second-order valence-electron chi connectivity index (χ2n) is 4.83. The third-order valence-corrected chi connectivity index (χ3v) is 3.18. The summed E-state index contributed by atoms with van der Waals surface area (Å²) in [7, 11) is 0. The number of aromatic nitrogens is 3. The molecule has 2 heterocycles. The molecular formula is C17H14N6O. The van der Waals surface area contributed by atoms with Crippen LogP contribution in [-0.4, -0.2) is 20.1 Å². The lowest BCUT2D eigenvalue weighted by Gasteiger charge is -2.06. The monoisotopic (exact) mass is 318 g/mol. The summed E-state index contributed by atoms with van der Waals surface area (Å²) in [5, 5.41) is 18.0. The quantitative estimate of drug-likeness (QED) is 0.552. The van der Waals surface area contributed by atoms with Crippen LogP contribution < -0.4 is 5.43 Å². The molecule has 0 radical (unpaired) electrons. The number of phenols is 1. The summed E-state index contributed by atoms with van der Waals surface area (Å²) in [6.45, 7) is 3.80. The Labute approximate surface area is 138 Å². The molecule has 0 atom stereocenters. The van der Waals surface area contributed by atoms with Crippen molar-refractivity contribution in [2.45, 2.75) is 0 Å². The highest BCUT2D eigenvalue weighted by atomic mass is 16.3. The summed E-state index contributed by atoms with van der Waals surface area (Å²) < 4.78 is 0. The number of phenolic OH excluding ortho intramolecular Hbond substituents is 1. The van der Waals surface area contributed by atoms with E-state index in [1.54, 1.807) is 42.9 Å². The van der Waals surface area contributed by atoms with E-state index in [0.717, 1.165) is 5.56 Å². The van der Waals surface area contributed by atoms with E-state index in [-0.39, 0.29) is 5.75 Å². The SMILES string of the molecule is C=C(N=NNc1ccc(-c2cncnc2)c(O)c1)c1ccccn1. The van der Waals surface area contributed by atoms with Crippen molar-refractivity contribution in [3.63, 3.8) is 0 Å². The molecule has 0 saturated carbocycles. The maximum absolute atomic E-state index is 10.1. The molecule has 118 valence electrons. The first kappa shape index (κ1) is 15.3. The fourth-order valence-electron chi connectivity index (χ4n) is 2.01. The van der Waals surface area contributed by atoms with Crippen molar-refractivity contribution >= 4 is 11.4 Å². The zero-order valence-electron chi connectivity index (χ0n) is 12.7. The first-order valence-corrected chi connectivity index (χ1v) is 7.09. The van der Waals surface area contributed by atoms with E-state index in [1.807, 2.05) is 12.1 Å². The normalized spacial score (nSPS) is 10.7. The van der Waals surface area contributed by atoms with E-state index in [2.05, 4.69) is 37.3 Å².